The van der Waals surface area contributed by atoms with Crippen LogP contribution in [0.15, 0.2) is 95.2 Å². The van der Waals surface area contributed by atoms with Crippen LogP contribution >= 0.6 is 11.8 Å². The van der Waals surface area contributed by atoms with Crippen LogP contribution in [0.1, 0.15) is 32.2 Å². The van der Waals surface area contributed by atoms with Crippen molar-refractivity contribution in [2.75, 3.05) is 12.4 Å². The van der Waals surface area contributed by atoms with E-state index < -0.39 is 0 Å². The molecule has 0 fully saturated rings. The topological polar surface area (TPSA) is 86.3 Å². The summed E-state index contributed by atoms with van der Waals surface area (Å²) in [5.41, 5.74) is 7.67. The molecule has 210 valence electrons. The normalized spacial score (nSPS) is 11.7. The maximum Gasteiger partial charge on any atom is 0.250 e. The van der Waals surface area contributed by atoms with Gasteiger partial charge in [-0.1, -0.05) is 60.3 Å². The predicted molar refractivity (Wildman–Crippen MR) is 167 cm³/mol. The van der Waals surface area contributed by atoms with Crippen molar-refractivity contribution in [3.05, 3.63) is 96.3 Å². The monoisotopic (exact) mass is 566 g/mol. The van der Waals surface area contributed by atoms with Crippen LogP contribution in [0.2, 0.25) is 0 Å². The minimum atomic E-state index is -0.211. The van der Waals surface area contributed by atoms with Crippen LogP contribution in [0.5, 0.6) is 5.75 Å². The van der Waals surface area contributed by atoms with Gasteiger partial charge in [0, 0.05) is 41.3 Å². The lowest BCUT2D eigenvalue weighted by molar-refractivity contribution is -0.118. The number of nitrogens with one attached hydrogen (secondary N) is 1. The number of hydrogen-bond acceptors (Lipinski definition) is 6. The summed E-state index contributed by atoms with van der Waals surface area (Å²) in [5, 5.41) is 16.4. The molecule has 0 spiro atoms. The molecule has 0 saturated heterocycles. The second kappa shape index (κ2) is 12.9. The van der Waals surface area contributed by atoms with Crippen molar-refractivity contribution in [2.45, 2.75) is 45.4 Å². The highest BCUT2D eigenvalue weighted by atomic mass is 32.2. The van der Waals surface area contributed by atoms with E-state index in [1.54, 1.807) is 0 Å². The molecule has 0 saturated carbocycles. The first-order valence-electron chi connectivity index (χ1n) is 13.7. The molecule has 0 atom stereocenters. The zero-order valence-corrected chi connectivity index (χ0v) is 24.4. The molecule has 0 aliphatic rings. The number of carbonyl (C=O) groups excluding carboxylic acids is 1. The summed E-state index contributed by atoms with van der Waals surface area (Å²) in [7, 11) is 0. The van der Waals surface area contributed by atoms with Gasteiger partial charge in [-0.25, -0.2) is 5.43 Å². The number of rotatable bonds is 12. The van der Waals surface area contributed by atoms with Gasteiger partial charge in [0.1, 0.15) is 11.6 Å². The van der Waals surface area contributed by atoms with E-state index in [9.17, 15) is 4.79 Å². The minimum absolute atomic E-state index is 0.168. The summed E-state index contributed by atoms with van der Waals surface area (Å²) >= 11 is 1.34. The van der Waals surface area contributed by atoms with E-state index in [0.717, 1.165) is 29.3 Å². The summed E-state index contributed by atoms with van der Waals surface area (Å²) in [6.45, 7) is 11.8. The number of aromatic nitrogens is 4. The molecule has 8 nitrogen and oxygen atoms in total. The molecule has 3 aromatic carbocycles. The SMILES string of the molecule is C=C(C)Cn1c(CCn2c3ccccc3c3ccccc32)nnc1SCC(=O)NN=C(C)c1ccc(OCC)cc1. The van der Waals surface area contributed by atoms with Gasteiger partial charge in [0.2, 0.25) is 0 Å². The second-order valence-electron chi connectivity index (χ2n) is 9.86. The number of carbonyl (C=O) groups is 1. The Hall–Kier alpha value is -4.37. The lowest BCUT2D eigenvalue weighted by Crippen LogP contribution is -2.21. The number of thioether (sulfide) groups is 1. The third-order valence-corrected chi connectivity index (χ3v) is 7.69. The number of benzene rings is 3. The first kappa shape index (κ1) is 28.2. The van der Waals surface area contributed by atoms with Crippen molar-refractivity contribution >= 4 is 45.2 Å². The number of fused-ring (bicyclic) bond motifs is 3. The Kier molecular flexibility index (Phi) is 8.84. The Labute approximate surface area is 244 Å². The number of hydrazone groups is 1. The summed E-state index contributed by atoms with van der Waals surface area (Å²) < 4.78 is 9.88. The van der Waals surface area contributed by atoms with Crippen molar-refractivity contribution in [1.82, 2.24) is 24.8 Å². The van der Waals surface area contributed by atoms with Gasteiger partial charge >= 0.3 is 0 Å². The second-order valence-corrected chi connectivity index (χ2v) is 10.8. The van der Waals surface area contributed by atoms with Crippen molar-refractivity contribution < 1.29 is 9.53 Å². The van der Waals surface area contributed by atoms with Crippen LogP contribution in [0.4, 0.5) is 0 Å². The average Bonchev–Trinajstić information content (AvgIpc) is 3.51. The molecular weight excluding hydrogens is 532 g/mol. The maximum atomic E-state index is 12.6. The van der Waals surface area contributed by atoms with Crippen LogP contribution in [-0.2, 0) is 24.3 Å². The maximum absolute atomic E-state index is 12.6. The van der Waals surface area contributed by atoms with Gasteiger partial charge in [-0.3, -0.25) is 4.79 Å². The van der Waals surface area contributed by atoms with E-state index in [1.807, 2.05) is 45.0 Å². The number of para-hydroxylation sites is 2. The quantitative estimate of drug-likeness (QED) is 0.0837. The number of ether oxygens (including phenoxy) is 1. The Morgan fingerprint density at radius 2 is 1.61 bits per heavy atom. The van der Waals surface area contributed by atoms with Gasteiger partial charge in [-0.2, -0.15) is 5.10 Å². The molecule has 0 bridgehead atoms. The van der Waals surface area contributed by atoms with Gasteiger partial charge < -0.3 is 13.9 Å². The lowest BCUT2D eigenvalue weighted by Gasteiger charge is -2.11. The van der Waals surface area contributed by atoms with Crippen molar-refractivity contribution in [3.8, 4) is 5.75 Å². The van der Waals surface area contributed by atoms with Gasteiger partial charge in [0.15, 0.2) is 5.16 Å². The molecule has 0 aliphatic carbocycles. The molecule has 9 heteroatoms. The molecule has 1 amide bonds. The minimum Gasteiger partial charge on any atom is -0.494 e. The zero-order chi connectivity index (χ0) is 28.8. The van der Waals surface area contributed by atoms with Crippen molar-refractivity contribution in [1.29, 1.82) is 0 Å². The van der Waals surface area contributed by atoms with Gasteiger partial charge in [0.05, 0.1) is 18.1 Å². The average molecular weight is 567 g/mol. The fraction of sp³-hybridized carbons (Fsp3) is 0.250. The third-order valence-electron chi connectivity index (χ3n) is 6.72. The molecular formula is C32H34N6O2S. The highest BCUT2D eigenvalue weighted by Gasteiger charge is 2.16. The number of amides is 1. The van der Waals surface area contributed by atoms with Gasteiger partial charge in [-0.05, 0) is 62.7 Å². The predicted octanol–water partition coefficient (Wildman–Crippen LogP) is 6.24. The van der Waals surface area contributed by atoms with Crippen LogP contribution in [0, 0.1) is 0 Å². The lowest BCUT2D eigenvalue weighted by atomic mass is 10.1. The van der Waals surface area contributed by atoms with Crippen LogP contribution in [0.3, 0.4) is 0 Å². The first-order valence-corrected chi connectivity index (χ1v) is 14.6. The Morgan fingerprint density at radius 3 is 2.24 bits per heavy atom. The zero-order valence-electron chi connectivity index (χ0n) is 23.6. The van der Waals surface area contributed by atoms with Crippen LogP contribution < -0.4 is 10.2 Å². The van der Waals surface area contributed by atoms with E-state index in [2.05, 4.69) is 85.0 Å². The van der Waals surface area contributed by atoms with E-state index >= 15 is 0 Å². The molecule has 2 heterocycles. The number of nitrogens with zero attached hydrogens (tertiary/aromatic N) is 5. The first-order chi connectivity index (χ1) is 19.9. The molecule has 1 N–H and O–H groups in total. The summed E-state index contributed by atoms with van der Waals surface area (Å²) in [6, 6.07) is 24.6. The Bertz CT molecular complexity index is 1660. The van der Waals surface area contributed by atoms with Gasteiger partial charge in [0.25, 0.3) is 5.91 Å². The highest BCUT2D eigenvalue weighted by Crippen LogP contribution is 2.29. The van der Waals surface area contributed by atoms with Crippen LogP contribution in [0.25, 0.3) is 21.8 Å². The molecule has 2 aromatic heterocycles. The Balaban J connectivity index is 1.26. The van der Waals surface area contributed by atoms with Crippen molar-refractivity contribution in [3.63, 3.8) is 0 Å². The van der Waals surface area contributed by atoms with E-state index in [-0.39, 0.29) is 11.7 Å². The van der Waals surface area contributed by atoms with Crippen LogP contribution in [-0.4, -0.2) is 43.3 Å². The molecule has 0 unspecified atom stereocenters. The molecule has 0 aliphatic heterocycles. The van der Waals surface area contributed by atoms with E-state index in [0.29, 0.717) is 30.4 Å². The largest absolute Gasteiger partial charge is 0.494 e. The standard InChI is InChI=1S/C32H34N6O2S/c1-5-40-25-16-14-24(15-17-25)23(4)33-35-31(39)21-41-32-36-34-30(38(32)20-22(2)3)18-19-37-28-12-8-6-10-26(28)27-11-7-9-13-29(27)37/h6-17H,2,5,18-21H2,1,3-4H3,(H,35,39). The van der Waals surface area contributed by atoms with E-state index in [4.69, 9.17) is 4.74 Å². The van der Waals surface area contributed by atoms with E-state index in [1.165, 1.54) is 33.6 Å². The smallest absolute Gasteiger partial charge is 0.250 e. The number of aryl methyl sites for hydroxylation is 2. The molecule has 5 rings (SSSR count). The molecule has 0 radical (unpaired) electrons. The number of hydrogen-bond donors (Lipinski definition) is 1. The highest BCUT2D eigenvalue weighted by molar-refractivity contribution is 7.99. The Morgan fingerprint density at radius 1 is 0.951 bits per heavy atom. The fourth-order valence-corrected chi connectivity index (χ4v) is 5.58. The number of allylic oxidation sites excluding steroid dienone is 1. The van der Waals surface area contributed by atoms with Crippen molar-refractivity contribution in [2.24, 2.45) is 5.10 Å². The van der Waals surface area contributed by atoms with Gasteiger partial charge in [-0.15, -0.1) is 10.2 Å². The summed E-state index contributed by atoms with van der Waals surface area (Å²) in [6.07, 6.45) is 0.696. The third kappa shape index (κ3) is 6.52. The summed E-state index contributed by atoms with van der Waals surface area (Å²) in [5.74, 6) is 1.62. The summed E-state index contributed by atoms with van der Waals surface area (Å²) in [4.78, 5) is 12.6. The fourth-order valence-electron chi connectivity index (χ4n) is 4.83. The molecule has 5 aromatic rings. The molecule has 41 heavy (non-hydrogen) atoms.